The van der Waals surface area contributed by atoms with Crippen LogP contribution >= 0.6 is 11.3 Å². The molecule has 1 aliphatic rings. The highest BCUT2D eigenvalue weighted by molar-refractivity contribution is 7.17. The summed E-state index contributed by atoms with van der Waals surface area (Å²) in [6.07, 6.45) is 5.02. The van der Waals surface area contributed by atoms with Crippen molar-refractivity contribution in [1.82, 2.24) is 9.88 Å². The predicted octanol–water partition coefficient (Wildman–Crippen LogP) is 4.98. The van der Waals surface area contributed by atoms with E-state index in [1.807, 2.05) is 6.07 Å². The largest absolute Gasteiger partial charge is 0.367 e. The van der Waals surface area contributed by atoms with Gasteiger partial charge in [0.15, 0.2) is 5.75 Å². The number of benzene rings is 2. The second kappa shape index (κ2) is 8.72. The molecule has 1 fully saturated rings. The molecule has 1 saturated heterocycles. The molecule has 0 bridgehead atoms. The molecule has 3 aromatic rings. The van der Waals surface area contributed by atoms with Crippen LogP contribution in [0.5, 0.6) is 5.75 Å². The van der Waals surface area contributed by atoms with E-state index < -0.39 is 0 Å². The fourth-order valence-electron chi connectivity index (χ4n) is 3.87. The Balaban J connectivity index is 1.21. The van der Waals surface area contributed by atoms with Gasteiger partial charge in [0.05, 0.1) is 11.2 Å². The van der Waals surface area contributed by atoms with E-state index in [0.717, 1.165) is 42.1 Å². The Morgan fingerprint density at radius 1 is 0.926 bits per heavy atom. The molecule has 0 amide bonds. The number of unbranched alkanes of at least 4 members (excludes halogenated alkanes) is 2. The predicted molar refractivity (Wildman–Crippen MR) is 112 cm³/mol. The molecule has 5 heteroatoms. The topological polar surface area (TPSA) is 39.3 Å². The lowest BCUT2D eigenvalue weighted by molar-refractivity contribution is 0.252. The van der Waals surface area contributed by atoms with E-state index >= 15 is 0 Å². The van der Waals surface area contributed by atoms with Crippen LogP contribution in [0.2, 0.25) is 0 Å². The first-order chi connectivity index (χ1) is 13.3. The van der Waals surface area contributed by atoms with Gasteiger partial charge in [-0.05, 0) is 43.5 Å². The number of rotatable bonds is 7. The molecule has 1 aromatic heterocycles. The number of aromatic nitrogens is 1. The summed E-state index contributed by atoms with van der Waals surface area (Å²) >= 11 is 1.45. The number of aryl methyl sites for hydroxylation is 1. The summed E-state index contributed by atoms with van der Waals surface area (Å²) in [5.41, 5.74) is 5.22. The van der Waals surface area contributed by atoms with Crippen molar-refractivity contribution in [1.29, 1.82) is 0 Å². The van der Waals surface area contributed by atoms with Crippen LogP contribution in [0, 0.1) is 0 Å². The maximum atomic E-state index is 11.9. The van der Waals surface area contributed by atoms with Gasteiger partial charge in [-0.15, -0.1) is 11.3 Å². The first-order valence-corrected chi connectivity index (χ1v) is 10.7. The molecule has 0 aliphatic carbocycles. The van der Waals surface area contributed by atoms with Crippen LogP contribution in [0.3, 0.4) is 0 Å². The minimum Gasteiger partial charge on any atom is -0.367 e. The van der Waals surface area contributed by atoms with Crippen molar-refractivity contribution < 1.29 is 5.11 Å². The molecule has 2 heterocycles. The Labute approximate surface area is 165 Å². The molecule has 141 valence electrons. The third kappa shape index (κ3) is 4.42. The Kier molecular flexibility index (Phi) is 5.90. The van der Waals surface area contributed by atoms with Gasteiger partial charge in [-0.3, -0.25) is 10.0 Å². The standard InChI is InChI=1S/C22H26N3OS/c26-20-11-10-19(21-22(20)27-17-23-21)25-15-13-24(14-16-25)12-6-2-5-9-18-7-3-1-4-8-18/h1,3-4,7-8,10-11,17H,2,5-6,9,12-16H2. The van der Waals surface area contributed by atoms with Crippen molar-refractivity contribution in [3.05, 3.63) is 53.5 Å². The van der Waals surface area contributed by atoms with Crippen molar-refractivity contribution in [2.75, 3.05) is 37.6 Å². The lowest BCUT2D eigenvalue weighted by Crippen LogP contribution is -2.46. The highest BCUT2D eigenvalue weighted by atomic mass is 32.1. The number of hydrogen-bond donors (Lipinski definition) is 0. The van der Waals surface area contributed by atoms with Gasteiger partial charge in [0.25, 0.3) is 0 Å². The van der Waals surface area contributed by atoms with E-state index in [0.29, 0.717) is 0 Å². The first-order valence-electron chi connectivity index (χ1n) is 9.86. The summed E-state index contributed by atoms with van der Waals surface area (Å²) in [4.78, 5) is 9.38. The molecule has 4 nitrogen and oxygen atoms in total. The SMILES string of the molecule is [O]c1ccc(N2CCN(CCCCCc3ccccc3)CC2)c2ncsc12. The van der Waals surface area contributed by atoms with E-state index in [4.69, 9.17) is 0 Å². The summed E-state index contributed by atoms with van der Waals surface area (Å²) in [7, 11) is 0. The zero-order valence-electron chi connectivity index (χ0n) is 15.6. The minimum absolute atomic E-state index is 0.0883. The fourth-order valence-corrected chi connectivity index (χ4v) is 4.58. The first kappa shape index (κ1) is 18.3. The number of piperazine rings is 1. The molecule has 0 N–H and O–H groups in total. The van der Waals surface area contributed by atoms with Crippen LogP contribution in [0.25, 0.3) is 10.2 Å². The molecular formula is C22H26N3OS. The van der Waals surface area contributed by atoms with Crippen molar-refractivity contribution in [3.8, 4) is 5.75 Å². The van der Waals surface area contributed by atoms with Gasteiger partial charge in [0.2, 0.25) is 0 Å². The molecule has 0 unspecified atom stereocenters. The van der Waals surface area contributed by atoms with Gasteiger partial charge in [-0.25, -0.2) is 4.98 Å². The quantitative estimate of drug-likeness (QED) is 0.543. The Morgan fingerprint density at radius 3 is 2.56 bits per heavy atom. The Bertz CT molecular complexity index is 856. The monoisotopic (exact) mass is 380 g/mol. The van der Waals surface area contributed by atoms with Crippen LogP contribution < -0.4 is 4.90 Å². The number of thiazole rings is 1. The summed E-state index contributed by atoms with van der Waals surface area (Å²) < 4.78 is 0.786. The second-order valence-electron chi connectivity index (χ2n) is 7.24. The lowest BCUT2D eigenvalue weighted by atomic mass is 10.1. The zero-order valence-corrected chi connectivity index (χ0v) is 16.5. The third-order valence-corrected chi connectivity index (χ3v) is 6.26. The Hall–Kier alpha value is -2.11. The molecule has 0 spiro atoms. The molecule has 2 aromatic carbocycles. The smallest absolute Gasteiger partial charge is 0.198 e. The number of hydrogen-bond acceptors (Lipinski definition) is 4. The second-order valence-corrected chi connectivity index (χ2v) is 8.09. The molecule has 0 saturated carbocycles. The van der Waals surface area contributed by atoms with Crippen LogP contribution in [0.15, 0.2) is 48.0 Å². The molecule has 4 rings (SSSR count). The summed E-state index contributed by atoms with van der Waals surface area (Å²) in [5.74, 6) is 0.0883. The van der Waals surface area contributed by atoms with Crippen molar-refractivity contribution in [2.24, 2.45) is 0 Å². The van der Waals surface area contributed by atoms with Gasteiger partial charge in [0, 0.05) is 26.2 Å². The van der Waals surface area contributed by atoms with Crippen LogP contribution in [-0.4, -0.2) is 42.6 Å². The number of anilines is 1. The number of nitrogens with zero attached hydrogens (tertiary/aromatic N) is 3. The van der Waals surface area contributed by atoms with Crippen molar-refractivity contribution >= 4 is 27.2 Å². The minimum atomic E-state index is 0.0883. The van der Waals surface area contributed by atoms with Gasteiger partial charge < -0.3 is 4.90 Å². The van der Waals surface area contributed by atoms with Crippen molar-refractivity contribution in [3.63, 3.8) is 0 Å². The lowest BCUT2D eigenvalue weighted by Gasteiger charge is -2.36. The van der Waals surface area contributed by atoms with E-state index in [9.17, 15) is 5.11 Å². The van der Waals surface area contributed by atoms with Crippen LogP contribution in [0.4, 0.5) is 5.69 Å². The molecular weight excluding hydrogens is 354 g/mol. The van der Waals surface area contributed by atoms with Gasteiger partial charge in [-0.2, -0.15) is 0 Å². The van der Waals surface area contributed by atoms with Crippen LogP contribution in [0.1, 0.15) is 24.8 Å². The highest BCUT2D eigenvalue weighted by Gasteiger charge is 2.20. The van der Waals surface area contributed by atoms with Crippen LogP contribution in [-0.2, 0) is 11.5 Å². The summed E-state index contributed by atoms with van der Waals surface area (Å²) in [5, 5.41) is 11.9. The molecule has 1 radical (unpaired) electrons. The van der Waals surface area contributed by atoms with Crippen molar-refractivity contribution in [2.45, 2.75) is 25.7 Å². The molecule has 27 heavy (non-hydrogen) atoms. The molecule has 1 aliphatic heterocycles. The summed E-state index contributed by atoms with van der Waals surface area (Å²) in [6.45, 7) is 5.38. The normalized spacial score (nSPS) is 15.5. The van der Waals surface area contributed by atoms with Gasteiger partial charge in [-0.1, -0.05) is 36.8 Å². The average Bonchev–Trinajstić information content (AvgIpc) is 3.20. The maximum Gasteiger partial charge on any atom is 0.198 e. The van der Waals surface area contributed by atoms with E-state index in [2.05, 4.69) is 45.1 Å². The molecule has 0 atom stereocenters. The summed E-state index contributed by atoms with van der Waals surface area (Å²) in [6, 6.07) is 14.4. The van der Waals surface area contributed by atoms with E-state index in [1.54, 1.807) is 11.6 Å². The average molecular weight is 381 g/mol. The zero-order chi connectivity index (χ0) is 18.5. The maximum absolute atomic E-state index is 11.9. The third-order valence-electron chi connectivity index (χ3n) is 5.42. The fraction of sp³-hybridized carbons (Fsp3) is 0.409. The van der Waals surface area contributed by atoms with E-state index in [-0.39, 0.29) is 5.75 Å². The number of fused-ring (bicyclic) bond motifs is 1. The Morgan fingerprint density at radius 2 is 1.74 bits per heavy atom. The van der Waals surface area contributed by atoms with Gasteiger partial charge in [0.1, 0.15) is 10.2 Å². The highest BCUT2D eigenvalue weighted by Crippen LogP contribution is 2.35. The van der Waals surface area contributed by atoms with Gasteiger partial charge >= 0.3 is 0 Å². The van der Waals surface area contributed by atoms with E-state index in [1.165, 1.54) is 49.1 Å².